The molecule has 7 heteroatoms. The smallest absolute Gasteiger partial charge is 0.234 e. The van der Waals surface area contributed by atoms with Crippen molar-refractivity contribution in [1.82, 2.24) is 9.55 Å². The van der Waals surface area contributed by atoms with Crippen LogP contribution in [0.4, 0.5) is 5.69 Å². The fourth-order valence-corrected chi connectivity index (χ4v) is 3.39. The Balaban J connectivity index is 1.63. The van der Waals surface area contributed by atoms with Crippen LogP contribution in [0.25, 0.3) is 11.3 Å². The first kappa shape index (κ1) is 18.4. The average Bonchev–Trinajstić information content (AvgIpc) is 3.01. The highest BCUT2D eigenvalue weighted by Gasteiger charge is 2.11. The minimum Gasteiger partial charge on any atom is -0.497 e. The maximum atomic E-state index is 12.1. The van der Waals surface area contributed by atoms with Gasteiger partial charge in [-0.25, -0.2) is 4.98 Å². The van der Waals surface area contributed by atoms with E-state index in [-0.39, 0.29) is 11.7 Å². The fourth-order valence-electron chi connectivity index (χ4n) is 2.45. The lowest BCUT2D eigenvalue weighted by atomic mass is 10.1. The van der Waals surface area contributed by atoms with Crippen molar-refractivity contribution < 1.29 is 9.53 Å². The fraction of sp³-hybridized carbons (Fsp3) is 0.158. The summed E-state index contributed by atoms with van der Waals surface area (Å²) in [5.74, 6) is 0.967. The van der Waals surface area contributed by atoms with Gasteiger partial charge in [0.2, 0.25) is 5.91 Å². The SMILES string of the molecule is COc1ccc(-c2cnc(SCC(=O)Nc3cccc(Cl)c3)n2C)cc1. The number of nitrogens with zero attached hydrogens (tertiary/aromatic N) is 2. The molecule has 0 spiro atoms. The Morgan fingerprint density at radius 2 is 2.04 bits per heavy atom. The molecule has 0 aliphatic rings. The van der Waals surface area contributed by atoms with Gasteiger partial charge in [-0.15, -0.1) is 0 Å². The van der Waals surface area contributed by atoms with Gasteiger partial charge in [0.15, 0.2) is 5.16 Å². The number of imidazole rings is 1. The predicted octanol–water partition coefficient (Wildman–Crippen LogP) is 4.48. The van der Waals surface area contributed by atoms with Gasteiger partial charge in [-0.3, -0.25) is 4.79 Å². The van der Waals surface area contributed by atoms with E-state index in [1.54, 1.807) is 37.6 Å². The highest BCUT2D eigenvalue weighted by Crippen LogP contribution is 2.26. The van der Waals surface area contributed by atoms with Crippen molar-refractivity contribution in [2.45, 2.75) is 5.16 Å². The second-order valence-corrected chi connectivity index (χ2v) is 6.94. The van der Waals surface area contributed by atoms with Gasteiger partial charge in [-0.1, -0.05) is 29.4 Å². The number of rotatable bonds is 6. The van der Waals surface area contributed by atoms with E-state index in [4.69, 9.17) is 16.3 Å². The standard InChI is InChI=1S/C19H18ClN3O2S/c1-23-17(13-6-8-16(25-2)9-7-13)11-21-19(23)26-12-18(24)22-15-5-3-4-14(20)10-15/h3-11H,12H2,1-2H3,(H,22,24). The average molecular weight is 388 g/mol. The molecule has 0 saturated carbocycles. The lowest BCUT2D eigenvalue weighted by molar-refractivity contribution is -0.113. The lowest BCUT2D eigenvalue weighted by Gasteiger charge is -2.07. The summed E-state index contributed by atoms with van der Waals surface area (Å²) in [5, 5.41) is 4.19. The number of halogens is 1. The van der Waals surface area contributed by atoms with Crippen LogP contribution < -0.4 is 10.1 Å². The molecule has 0 saturated heterocycles. The van der Waals surface area contributed by atoms with Crippen LogP contribution in [0.3, 0.4) is 0 Å². The first-order valence-electron chi connectivity index (χ1n) is 7.91. The molecule has 3 aromatic rings. The number of nitrogens with one attached hydrogen (secondary N) is 1. The van der Waals surface area contributed by atoms with Crippen molar-refractivity contribution in [3.05, 3.63) is 59.8 Å². The summed E-state index contributed by atoms with van der Waals surface area (Å²) in [5.41, 5.74) is 2.70. The zero-order chi connectivity index (χ0) is 18.5. The van der Waals surface area contributed by atoms with Crippen molar-refractivity contribution in [2.24, 2.45) is 7.05 Å². The van der Waals surface area contributed by atoms with Crippen LogP contribution in [0.1, 0.15) is 0 Å². The van der Waals surface area contributed by atoms with Gasteiger partial charge < -0.3 is 14.6 Å². The van der Waals surface area contributed by atoms with Crippen LogP contribution in [-0.4, -0.2) is 28.3 Å². The highest BCUT2D eigenvalue weighted by molar-refractivity contribution is 7.99. The Morgan fingerprint density at radius 3 is 2.73 bits per heavy atom. The van der Waals surface area contributed by atoms with E-state index in [2.05, 4.69) is 10.3 Å². The van der Waals surface area contributed by atoms with Gasteiger partial charge in [0.25, 0.3) is 0 Å². The van der Waals surface area contributed by atoms with Crippen molar-refractivity contribution >= 4 is 35.0 Å². The molecule has 2 aromatic carbocycles. The highest BCUT2D eigenvalue weighted by atomic mass is 35.5. The van der Waals surface area contributed by atoms with Gasteiger partial charge in [-0.2, -0.15) is 0 Å². The summed E-state index contributed by atoms with van der Waals surface area (Å²) in [4.78, 5) is 16.6. The number of thioether (sulfide) groups is 1. The summed E-state index contributed by atoms with van der Waals surface area (Å²) >= 11 is 7.31. The quantitative estimate of drug-likeness (QED) is 0.633. The molecule has 1 N–H and O–H groups in total. The molecule has 0 unspecified atom stereocenters. The zero-order valence-corrected chi connectivity index (χ0v) is 16.0. The number of carbonyl (C=O) groups excluding carboxylic acids is 1. The topological polar surface area (TPSA) is 56.1 Å². The van der Waals surface area contributed by atoms with Crippen LogP contribution >= 0.6 is 23.4 Å². The molecular formula is C19H18ClN3O2S. The van der Waals surface area contributed by atoms with E-state index >= 15 is 0 Å². The second kappa shape index (κ2) is 8.29. The maximum Gasteiger partial charge on any atom is 0.234 e. The van der Waals surface area contributed by atoms with Gasteiger partial charge in [0, 0.05) is 23.3 Å². The molecule has 1 heterocycles. The molecular weight excluding hydrogens is 370 g/mol. The number of anilines is 1. The molecule has 1 amide bonds. The number of carbonyl (C=O) groups is 1. The number of aromatic nitrogens is 2. The number of hydrogen-bond donors (Lipinski definition) is 1. The zero-order valence-electron chi connectivity index (χ0n) is 14.4. The van der Waals surface area contributed by atoms with Crippen LogP contribution in [-0.2, 0) is 11.8 Å². The number of methoxy groups -OCH3 is 1. The molecule has 1 aromatic heterocycles. The number of hydrogen-bond acceptors (Lipinski definition) is 4. The molecule has 0 radical (unpaired) electrons. The normalized spacial score (nSPS) is 10.6. The Hall–Kier alpha value is -2.44. The lowest BCUT2D eigenvalue weighted by Crippen LogP contribution is -2.14. The summed E-state index contributed by atoms with van der Waals surface area (Å²) < 4.78 is 7.15. The van der Waals surface area contributed by atoms with Gasteiger partial charge in [0.1, 0.15) is 5.75 Å². The molecule has 5 nitrogen and oxygen atoms in total. The summed E-state index contributed by atoms with van der Waals surface area (Å²) in [7, 11) is 3.58. The van der Waals surface area contributed by atoms with Crippen molar-refractivity contribution in [1.29, 1.82) is 0 Å². The van der Waals surface area contributed by atoms with Gasteiger partial charge in [0.05, 0.1) is 24.8 Å². The molecule has 3 rings (SSSR count). The van der Waals surface area contributed by atoms with E-state index in [1.807, 2.05) is 35.9 Å². The Morgan fingerprint density at radius 1 is 1.27 bits per heavy atom. The van der Waals surface area contributed by atoms with Crippen LogP contribution in [0.2, 0.25) is 5.02 Å². The molecule has 0 atom stereocenters. The Bertz CT molecular complexity index is 909. The van der Waals surface area contributed by atoms with Crippen molar-refractivity contribution in [3.8, 4) is 17.0 Å². The summed E-state index contributed by atoms with van der Waals surface area (Å²) in [6, 6.07) is 14.9. The van der Waals surface area contributed by atoms with E-state index < -0.39 is 0 Å². The van der Waals surface area contributed by atoms with E-state index in [0.29, 0.717) is 10.7 Å². The van der Waals surface area contributed by atoms with Crippen LogP contribution in [0, 0.1) is 0 Å². The van der Waals surface area contributed by atoms with E-state index in [9.17, 15) is 4.79 Å². The third-order valence-corrected chi connectivity index (χ3v) is 5.05. The van der Waals surface area contributed by atoms with Crippen molar-refractivity contribution in [2.75, 3.05) is 18.2 Å². The predicted molar refractivity (Wildman–Crippen MR) is 106 cm³/mol. The third kappa shape index (κ3) is 4.39. The third-order valence-electron chi connectivity index (χ3n) is 3.77. The molecule has 134 valence electrons. The first-order valence-corrected chi connectivity index (χ1v) is 9.27. The monoisotopic (exact) mass is 387 g/mol. The van der Waals surface area contributed by atoms with E-state index in [1.165, 1.54) is 11.8 Å². The first-order chi connectivity index (χ1) is 12.6. The summed E-state index contributed by atoms with van der Waals surface area (Å²) in [6.07, 6.45) is 1.80. The Labute approximate surface area is 161 Å². The molecule has 0 fully saturated rings. The number of benzene rings is 2. The molecule has 26 heavy (non-hydrogen) atoms. The van der Waals surface area contributed by atoms with E-state index in [0.717, 1.165) is 22.2 Å². The van der Waals surface area contributed by atoms with Crippen LogP contribution in [0.5, 0.6) is 5.75 Å². The maximum absolute atomic E-state index is 12.1. The van der Waals surface area contributed by atoms with Crippen molar-refractivity contribution in [3.63, 3.8) is 0 Å². The minimum atomic E-state index is -0.105. The number of amides is 1. The molecule has 0 aliphatic carbocycles. The minimum absolute atomic E-state index is 0.105. The molecule has 0 bridgehead atoms. The van der Waals surface area contributed by atoms with Gasteiger partial charge >= 0.3 is 0 Å². The van der Waals surface area contributed by atoms with Gasteiger partial charge in [-0.05, 0) is 42.5 Å². The largest absolute Gasteiger partial charge is 0.497 e. The second-order valence-electron chi connectivity index (χ2n) is 5.56. The molecule has 0 aliphatic heterocycles. The summed E-state index contributed by atoms with van der Waals surface area (Å²) in [6.45, 7) is 0. The number of ether oxygens (including phenoxy) is 1. The van der Waals surface area contributed by atoms with Crippen LogP contribution in [0.15, 0.2) is 59.9 Å². The Kier molecular flexibility index (Phi) is 5.85.